The standard InChI is InChI=1S/C16H23NO2/c18-15(11-17-8-1-2-9-17)12-19-16-7-6-13-4-3-5-14(13)10-16/h6-7,10,15,18H,1-5,8-9,11-12H2/t15-/m0/s1. The van der Waals surface area contributed by atoms with E-state index in [4.69, 9.17) is 4.74 Å². The van der Waals surface area contributed by atoms with Crippen molar-refractivity contribution in [1.29, 1.82) is 0 Å². The number of aryl methyl sites for hydroxylation is 2. The van der Waals surface area contributed by atoms with E-state index in [2.05, 4.69) is 17.0 Å². The third-order valence-electron chi connectivity index (χ3n) is 4.18. The van der Waals surface area contributed by atoms with Crippen molar-refractivity contribution >= 4 is 0 Å². The first-order valence-corrected chi connectivity index (χ1v) is 7.46. The zero-order valence-corrected chi connectivity index (χ0v) is 11.5. The van der Waals surface area contributed by atoms with Crippen LogP contribution in [0.1, 0.15) is 30.4 Å². The van der Waals surface area contributed by atoms with Crippen molar-refractivity contribution in [3.8, 4) is 5.75 Å². The summed E-state index contributed by atoms with van der Waals surface area (Å²) in [5, 5.41) is 10.00. The van der Waals surface area contributed by atoms with Gasteiger partial charge in [-0.2, -0.15) is 0 Å². The molecule has 3 nitrogen and oxygen atoms in total. The molecule has 1 N–H and O–H groups in total. The molecule has 3 heteroatoms. The van der Waals surface area contributed by atoms with Gasteiger partial charge in [-0.25, -0.2) is 0 Å². The van der Waals surface area contributed by atoms with Gasteiger partial charge in [-0.3, -0.25) is 0 Å². The Labute approximate surface area is 115 Å². The zero-order chi connectivity index (χ0) is 13.1. The number of aliphatic hydroxyl groups is 1. The third-order valence-corrected chi connectivity index (χ3v) is 4.18. The fourth-order valence-corrected chi connectivity index (χ4v) is 3.15. The molecule has 0 radical (unpaired) electrons. The van der Waals surface area contributed by atoms with E-state index in [-0.39, 0.29) is 6.10 Å². The minimum atomic E-state index is -0.383. The average molecular weight is 261 g/mol. The Morgan fingerprint density at radius 1 is 1.11 bits per heavy atom. The maximum absolute atomic E-state index is 10.00. The number of β-amino-alcohol motifs (C(OH)–C–C–N with tert-alkyl or cyclic N) is 1. The van der Waals surface area contributed by atoms with Crippen LogP contribution in [0.5, 0.6) is 5.75 Å². The highest BCUT2D eigenvalue weighted by Gasteiger charge is 2.16. The minimum absolute atomic E-state index is 0.383. The second-order valence-electron chi connectivity index (χ2n) is 5.76. The summed E-state index contributed by atoms with van der Waals surface area (Å²) in [5.74, 6) is 0.904. The van der Waals surface area contributed by atoms with Crippen LogP contribution in [0.2, 0.25) is 0 Å². The molecule has 0 aromatic heterocycles. The first-order chi connectivity index (χ1) is 9.31. The van der Waals surface area contributed by atoms with Crippen molar-refractivity contribution in [2.75, 3.05) is 26.2 Å². The van der Waals surface area contributed by atoms with Gasteiger partial charge in [0.25, 0.3) is 0 Å². The largest absolute Gasteiger partial charge is 0.491 e. The molecule has 0 amide bonds. The number of benzene rings is 1. The predicted molar refractivity (Wildman–Crippen MR) is 75.6 cm³/mol. The van der Waals surface area contributed by atoms with Crippen LogP contribution in [-0.4, -0.2) is 42.4 Å². The van der Waals surface area contributed by atoms with Crippen molar-refractivity contribution in [1.82, 2.24) is 4.90 Å². The van der Waals surface area contributed by atoms with E-state index in [1.807, 2.05) is 6.07 Å². The Hall–Kier alpha value is -1.06. The van der Waals surface area contributed by atoms with Crippen LogP contribution in [0.15, 0.2) is 18.2 Å². The van der Waals surface area contributed by atoms with E-state index < -0.39 is 0 Å². The SMILES string of the molecule is O[C@H](COc1ccc2c(c1)CCC2)CN1CCCC1. The van der Waals surface area contributed by atoms with E-state index in [0.29, 0.717) is 6.61 Å². The predicted octanol–water partition coefficient (Wildman–Crippen LogP) is 2.01. The summed E-state index contributed by atoms with van der Waals surface area (Å²) in [6, 6.07) is 6.35. The molecular formula is C16H23NO2. The van der Waals surface area contributed by atoms with E-state index in [1.54, 1.807) is 0 Å². The molecule has 1 aromatic carbocycles. The molecule has 3 rings (SSSR count). The van der Waals surface area contributed by atoms with Crippen LogP contribution in [0.4, 0.5) is 0 Å². The molecule has 0 spiro atoms. The summed E-state index contributed by atoms with van der Waals surface area (Å²) < 4.78 is 5.73. The van der Waals surface area contributed by atoms with Gasteiger partial charge in [-0.05, 0) is 68.5 Å². The van der Waals surface area contributed by atoms with E-state index in [1.165, 1.54) is 43.2 Å². The zero-order valence-electron chi connectivity index (χ0n) is 11.5. The van der Waals surface area contributed by atoms with Crippen molar-refractivity contribution in [3.05, 3.63) is 29.3 Å². The molecule has 1 aromatic rings. The van der Waals surface area contributed by atoms with Gasteiger partial charge in [-0.1, -0.05) is 6.07 Å². The van der Waals surface area contributed by atoms with Crippen molar-refractivity contribution < 1.29 is 9.84 Å². The Kier molecular flexibility index (Phi) is 4.04. The number of ether oxygens (including phenoxy) is 1. The Balaban J connectivity index is 1.48. The lowest BCUT2D eigenvalue weighted by atomic mass is 10.1. The summed E-state index contributed by atoms with van der Waals surface area (Å²) in [6.07, 6.45) is 5.77. The monoisotopic (exact) mass is 261 g/mol. The number of aliphatic hydroxyl groups excluding tert-OH is 1. The lowest BCUT2D eigenvalue weighted by molar-refractivity contribution is 0.0758. The number of nitrogens with zero attached hydrogens (tertiary/aromatic N) is 1. The minimum Gasteiger partial charge on any atom is -0.491 e. The van der Waals surface area contributed by atoms with Crippen molar-refractivity contribution in [3.63, 3.8) is 0 Å². The molecule has 1 aliphatic carbocycles. The highest BCUT2D eigenvalue weighted by atomic mass is 16.5. The quantitative estimate of drug-likeness (QED) is 0.880. The lowest BCUT2D eigenvalue weighted by Gasteiger charge is -2.19. The molecule has 2 aliphatic rings. The van der Waals surface area contributed by atoms with Crippen molar-refractivity contribution in [2.24, 2.45) is 0 Å². The maximum Gasteiger partial charge on any atom is 0.119 e. The van der Waals surface area contributed by atoms with Crippen molar-refractivity contribution in [2.45, 2.75) is 38.2 Å². The summed E-state index contributed by atoms with van der Waals surface area (Å²) in [6.45, 7) is 3.38. The van der Waals surface area contributed by atoms with Gasteiger partial charge in [0, 0.05) is 6.54 Å². The van der Waals surface area contributed by atoms with Gasteiger partial charge in [0.15, 0.2) is 0 Å². The molecule has 1 fully saturated rings. The molecular weight excluding hydrogens is 238 g/mol. The molecule has 0 unspecified atom stereocenters. The van der Waals surface area contributed by atoms with Gasteiger partial charge in [0.2, 0.25) is 0 Å². The smallest absolute Gasteiger partial charge is 0.119 e. The first-order valence-electron chi connectivity index (χ1n) is 7.46. The number of hydrogen-bond donors (Lipinski definition) is 1. The lowest BCUT2D eigenvalue weighted by Crippen LogP contribution is -2.33. The van der Waals surface area contributed by atoms with E-state index in [9.17, 15) is 5.11 Å². The van der Waals surface area contributed by atoms with E-state index >= 15 is 0 Å². The molecule has 1 atom stereocenters. The second kappa shape index (κ2) is 5.93. The van der Waals surface area contributed by atoms with Crippen LogP contribution in [0.3, 0.4) is 0 Å². The van der Waals surface area contributed by atoms with Gasteiger partial charge in [-0.15, -0.1) is 0 Å². The molecule has 1 saturated heterocycles. The first kappa shape index (κ1) is 12.9. The van der Waals surface area contributed by atoms with Crippen LogP contribution in [0, 0.1) is 0 Å². The molecule has 104 valence electrons. The summed E-state index contributed by atoms with van der Waals surface area (Å²) >= 11 is 0. The molecule has 19 heavy (non-hydrogen) atoms. The highest BCUT2D eigenvalue weighted by Crippen LogP contribution is 2.26. The van der Waals surface area contributed by atoms with Gasteiger partial charge < -0.3 is 14.7 Å². The fourth-order valence-electron chi connectivity index (χ4n) is 3.15. The van der Waals surface area contributed by atoms with E-state index in [0.717, 1.165) is 25.4 Å². The summed E-state index contributed by atoms with van der Waals surface area (Å²) in [5.41, 5.74) is 2.89. The molecule has 1 aliphatic heterocycles. The molecule has 0 saturated carbocycles. The number of hydrogen-bond acceptors (Lipinski definition) is 3. The normalized spacial score (nSPS) is 20.5. The van der Waals surface area contributed by atoms with Gasteiger partial charge in [0.05, 0.1) is 0 Å². The third kappa shape index (κ3) is 3.28. The summed E-state index contributed by atoms with van der Waals surface area (Å²) in [4.78, 5) is 2.32. The topological polar surface area (TPSA) is 32.7 Å². The van der Waals surface area contributed by atoms with Gasteiger partial charge in [0.1, 0.15) is 18.5 Å². The van der Waals surface area contributed by atoms with Crippen LogP contribution < -0.4 is 4.74 Å². The van der Waals surface area contributed by atoms with Crippen LogP contribution in [0.25, 0.3) is 0 Å². The molecule has 1 heterocycles. The Morgan fingerprint density at radius 2 is 1.89 bits per heavy atom. The Bertz CT molecular complexity index is 427. The Morgan fingerprint density at radius 3 is 2.74 bits per heavy atom. The molecule has 0 bridgehead atoms. The average Bonchev–Trinajstić information content (AvgIpc) is 3.06. The second-order valence-corrected chi connectivity index (χ2v) is 5.76. The number of likely N-dealkylation sites (tertiary alicyclic amines) is 1. The van der Waals surface area contributed by atoms with Crippen LogP contribution >= 0.6 is 0 Å². The fraction of sp³-hybridized carbons (Fsp3) is 0.625. The maximum atomic E-state index is 10.00. The van der Waals surface area contributed by atoms with Crippen LogP contribution in [-0.2, 0) is 12.8 Å². The number of rotatable bonds is 5. The summed E-state index contributed by atoms with van der Waals surface area (Å²) in [7, 11) is 0. The van der Waals surface area contributed by atoms with Gasteiger partial charge >= 0.3 is 0 Å². The highest BCUT2D eigenvalue weighted by molar-refractivity contribution is 5.38. The number of fused-ring (bicyclic) bond motifs is 1.